The molecule has 0 unspecified atom stereocenters. The average Bonchev–Trinajstić information content (AvgIpc) is 2.17. The zero-order valence-electron chi connectivity index (χ0n) is 6.20. The van der Waals surface area contributed by atoms with E-state index in [0.29, 0.717) is 0 Å². The van der Waals surface area contributed by atoms with Crippen LogP contribution in [-0.4, -0.2) is 8.07 Å². The van der Waals surface area contributed by atoms with Crippen molar-refractivity contribution in [2.45, 2.75) is 38.5 Å². The summed E-state index contributed by atoms with van der Waals surface area (Å²) in [4.78, 5) is 0. The molecule has 1 heterocycles. The molecule has 0 radical (unpaired) electrons. The fourth-order valence-electron chi connectivity index (χ4n) is 1.40. The van der Waals surface area contributed by atoms with Gasteiger partial charge in [0.1, 0.15) is 0 Å². The highest BCUT2D eigenvalue weighted by Crippen LogP contribution is 2.41. The molecule has 1 fully saturated rings. The molecule has 1 heteroatoms. The Morgan fingerprint density at radius 1 is 1.38 bits per heavy atom. The molecule has 48 valence electrons. The number of hydrogen-bond donors (Lipinski definition) is 0. The minimum Gasteiger partial charge on any atom is -0.0692 e. The molecule has 1 rings (SSSR count). The van der Waals surface area contributed by atoms with Crippen molar-refractivity contribution in [2.24, 2.45) is 5.92 Å². The normalized spacial score (nSPS) is 24.0. The van der Waals surface area contributed by atoms with Gasteiger partial charge in [0.15, 0.2) is 0 Å². The van der Waals surface area contributed by atoms with Gasteiger partial charge in [0, 0.05) is 0 Å². The first kappa shape index (κ1) is 6.34. The van der Waals surface area contributed by atoms with Crippen LogP contribution in [0.25, 0.3) is 0 Å². The van der Waals surface area contributed by atoms with E-state index in [-0.39, 0.29) is 0 Å². The van der Waals surface area contributed by atoms with Crippen LogP contribution >= 0.6 is 0 Å². The molecule has 0 aromatic heterocycles. The van der Waals surface area contributed by atoms with Crippen LogP contribution in [0.5, 0.6) is 0 Å². The van der Waals surface area contributed by atoms with E-state index < -0.39 is 8.07 Å². The Morgan fingerprint density at radius 3 is 2.00 bits per heavy atom. The first-order chi connectivity index (χ1) is 3.62. The number of rotatable bonds is 2. The van der Waals surface area contributed by atoms with Crippen LogP contribution in [0, 0.1) is 5.92 Å². The van der Waals surface area contributed by atoms with Gasteiger partial charge < -0.3 is 0 Å². The SMILES string of the molecule is CC(C)C[Si]1(C)CC1. The van der Waals surface area contributed by atoms with Crippen molar-refractivity contribution < 1.29 is 0 Å². The smallest absolute Gasteiger partial charge is 0.0501 e. The van der Waals surface area contributed by atoms with Gasteiger partial charge in [-0.2, -0.15) is 0 Å². The van der Waals surface area contributed by atoms with E-state index in [0.717, 1.165) is 5.92 Å². The molecule has 0 aromatic rings. The predicted octanol–water partition coefficient (Wildman–Crippen LogP) is 2.73. The zero-order chi connectivity index (χ0) is 6.20. The molecule has 0 aromatic carbocycles. The highest BCUT2D eigenvalue weighted by Gasteiger charge is 2.39. The standard InChI is InChI=1S/C7H16Si/c1-7(2)6-8(3)4-5-8/h7H,4-6H2,1-3H3. The minimum absolute atomic E-state index is 0.470. The van der Waals surface area contributed by atoms with E-state index in [1.54, 1.807) is 18.1 Å². The lowest BCUT2D eigenvalue weighted by molar-refractivity contribution is 0.725. The second-order valence-corrected chi connectivity index (χ2v) is 8.94. The maximum atomic E-state index is 2.53. The molecule has 1 aliphatic rings. The lowest BCUT2D eigenvalue weighted by atomic mass is 10.3. The topological polar surface area (TPSA) is 0 Å². The van der Waals surface area contributed by atoms with E-state index >= 15 is 0 Å². The predicted molar refractivity (Wildman–Crippen MR) is 40.9 cm³/mol. The maximum absolute atomic E-state index is 2.53. The van der Waals surface area contributed by atoms with Crippen LogP contribution in [-0.2, 0) is 0 Å². The Balaban J connectivity index is 2.19. The molecule has 0 N–H and O–H groups in total. The van der Waals surface area contributed by atoms with Crippen molar-refractivity contribution in [3.63, 3.8) is 0 Å². The van der Waals surface area contributed by atoms with Crippen LogP contribution in [0.1, 0.15) is 13.8 Å². The molecule has 8 heavy (non-hydrogen) atoms. The first-order valence-corrected chi connectivity index (χ1v) is 6.74. The molecule has 0 amide bonds. The summed E-state index contributed by atoms with van der Waals surface area (Å²) >= 11 is 0. The summed E-state index contributed by atoms with van der Waals surface area (Å²) in [6.07, 6.45) is 0. The quantitative estimate of drug-likeness (QED) is 0.502. The zero-order valence-corrected chi connectivity index (χ0v) is 7.20. The molecule has 0 spiro atoms. The van der Waals surface area contributed by atoms with Gasteiger partial charge in [-0.15, -0.1) is 0 Å². The summed E-state index contributed by atoms with van der Waals surface area (Å²) in [6.45, 7) is 7.22. The molecular weight excluding hydrogens is 112 g/mol. The van der Waals surface area contributed by atoms with E-state index in [1.807, 2.05) is 0 Å². The lowest BCUT2D eigenvalue weighted by Crippen LogP contribution is -2.09. The number of hydrogen-bond acceptors (Lipinski definition) is 0. The van der Waals surface area contributed by atoms with E-state index in [4.69, 9.17) is 0 Å². The summed E-state index contributed by atoms with van der Waals surface area (Å²) in [5.41, 5.74) is 0. The van der Waals surface area contributed by atoms with Gasteiger partial charge in [-0.05, 0) is 5.92 Å². The lowest BCUT2D eigenvalue weighted by Gasteiger charge is -2.07. The molecule has 1 aliphatic heterocycles. The van der Waals surface area contributed by atoms with Crippen LogP contribution in [0.15, 0.2) is 0 Å². The van der Waals surface area contributed by atoms with Gasteiger partial charge in [0.05, 0.1) is 8.07 Å². The van der Waals surface area contributed by atoms with Crippen LogP contribution in [0.3, 0.4) is 0 Å². The third kappa shape index (κ3) is 1.62. The summed E-state index contributed by atoms with van der Waals surface area (Å²) < 4.78 is 0. The monoisotopic (exact) mass is 128 g/mol. The minimum atomic E-state index is -0.470. The van der Waals surface area contributed by atoms with Crippen molar-refractivity contribution in [3.8, 4) is 0 Å². The van der Waals surface area contributed by atoms with Crippen LogP contribution < -0.4 is 0 Å². The second-order valence-electron chi connectivity index (χ2n) is 3.91. The van der Waals surface area contributed by atoms with E-state index in [1.165, 1.54) is 0 Å². The first-order valence-electron chi connectivity index (χ1n) is 3.62. The Labute approximate surface area is 53.3 Å². The van der Waals surface area contributed by atoms with Gasteiger partial charge in [-0.25, -0.2) is 0 Å². The van der Waals surface area contributed by atoms with Gasteiger partial charge in [-0.1, -0.05) is 38.5 Å². The van der Waals surface area contributed by atoms with Crippen molar-refractivity contribution in [1.82, 2.24) is 0 Å². The van der Waals surface area contributed by atoms with Crippen molar-refractivity contribution >= 4 is 8.07 Å². The van der Waals surface area contributed by atoms with Crippen molar-refractivity contribution in [1.29, 1.82) is 0 Å². The van der Waals surface area contributed by atoms with Crippen molar-refractivity contribution in [2.75, 3.05) is 0 Å². The molecule has 0 atom stereocenters. The van der Waals surface area contributed by atoms with Gasteiger partial charge >= 0.3 is 0 Å². The molecule has 0 aliphatic carbocycles. The Bertz CT molecular complexity index is 82.4. The summed E-state index contributed by atoms with van der Waals surface area (Å²) in [7, 11) is -0.470. The molecule has 0 bridgehead atoms. The molecule has 0 saturated carbocycles. The fraction of sp³-hybridized carbons (Fsp3) is 1.00. The average molecular weight is 128 g/mol. The Kier molecular flexibility index (Phi) is 1.48. The van der Waals surface area contributed by atoms with Gasteiger partial charge in [-0.3, -0.25) is 0 Å². The van der Waals surface area contributed by atoms with E-state index in [9.17, 15) is 0 Å². The highest BCUT2D eigenvalue weighted by molar-refractivity contribution is 6.88. The Hall–Kier alpha value is 0.217. The fourth-order valence-corrected chi connectivity index (χ4v) is 5.49. The summed E-state index contributed by atoms with van der Waals surface area (Å²) in [5, 5.41) is 0. The second kappa shape index (κ2) is 1.87. The van der Waals surface area contributed by atoms with Crippen molar-refractivity contribution in [3.05, 3.63) is 0 Å². The summed E-state index contributed by atoms with van der Waals surface area (Å²) in [6, 6.07) is 4.81. The highest BCUT2D eigenvalue weighted by atomic mass is 28.3. The third-order valence-corrected chi connectivity index (χ3v) is 6.01. The van der Waals surface area contributed by atoms with Gasteiger partial charge in [0.25, 0.3) is 0 Å². The van der Waals surface area contributed by atoms with Gasteiger partial charge in [0.2, 0.25) is 0 Å². The molecular formula is C7H16Si. The third-order valence-electron chi connectivity index (χ3n) is 2.00. The maximum Gasteiger partial charge on any atom is 0.0501 e. The molecule has 1 saturated heterocycles. The molecule has 0 nitrogen and oxygen atoms in total. The van der Waals surface area contributed by atoms with E-state index in [2.05, 4.69) is 20.4 Å². The van der Waals surface area contributed by atoms with Crippen LogP contribution in [0.4, 0.5) is 0 Å². The largest absolute Gasteiger partial charge is 0.0692 e. The Morgan fingerprint density at radius 2 is 1.88 bits per heavy atom. The van der Waals surface area contributed by atoms with Crippen LogP contribution in [0.2, 0.25) is 24.7 Å². The summed E-state index contributed by atoms with van der Waals surface area (Å²) in [5.74, 6) is 0.967.